The van der Waals surface area contributed by atoms with Crippen LogP contribution in [0.1, 0.15) is 0 Å². The van der Waals surface area contributed by atoms with Crippen LogP contribution in [-0.4, -0.2) is 42.3 Å². The number of hydrogen-bond acceptors (Lipinski definition) is 3. The normalized spacial score (nSPS) is 13.8. The molecular weight excluding hydrogens is 212 g/mol. The van der Waals surface area contributed by atoms with Crippen LogP contribution < -0.4 is 0 Å². The first-order valence-electron chi connectivity index (χ1n) is 2.70. The molecule has 0 spiro atoms. The SMILES string of the molecule is O=P(O)(O)N(CCO)P(=O)(O)O. The summed E-state index contributed by atoms with van der Waals surface area (Å²) in [7, 11) is -10.0. The zero-order valence-corrected chi connectivity index (χ0v) is 7.60. The fourth-order valence-corrected chi connectivity index (χ4v) is 2.42. The van der Waals surface area contributed by atoms with Crippen molar-refractivity contribution < 1.29 is 33.8 Å². The second-order valence-electron chi connectivity index (χ2n) is 1.85. The summed E-state index contributed by atoms with van der Waals surface area (Å²) in [6.45, 7) is -1.54. The van der Waals surface area contributed by atoms with Gasteiger partial charge in [-0.25, -0.2) is 9.13 Å². The monoisotopic (exact) mass is 221 g/mol. The van der Waals surface area contributed by atoms with E-state index in [4.69, 9.17) is 24.7 Å². The summed E-state index contributed by atoms with van der Waals surface area (Å²) in [6.07, 6.45) is 0. The molecule has 0 unspecified atom stereocenters. The number of aliphatic hydroxyl groups excluding tert-OH is 1. The summed E-state index contributed by atoms with van der Waals surface area (Å²) in [5.41, 5.74) is 0. The van der Waals surface area contributed by atoms with Gasteiger partial charge < -0.3 is 24.7 Å². The Hall–Kier alpha value is 0.220. The molecule has 8 nitrogen and oxygen atoms in total. The highest BCUT2D eigenvalue weighted by atomic mass is 31.3. The van der Waals surface area contributed by atoms with Crippen molar-refractivity contribution in [3.8, 4) is 0 Å². The van der Waals surface area contributed by atoms with Crippen LogP contribution in [0.4, 0.5) is 0 Å². The first-order valence-corrected chi connectivity index (χ1v) is 5.83. The van der Waals surface area contributed by atoms with Gasteiger partial charge in [0.15, 0.2) is 0 Å². The lowest BCUT2D eigenvalue weighted by molar-refractivity contribution is 0.227. The highest BCUT2D eigenvalue weighted by Gasteiger charge is 2.38. The molecule has 0 atom stereocenters. The highest BCUT2D eigenvalue weighted by molar-refractivity contribution is 7.65. The zero-order valence-electron chi connectivity index (χ0n) is 5.81. The van der Waals surface area contributed by atoms with Crippen molar-refractivity contribution in [3.63, 3.8) is 0 Å². The van der Waals surface area contributed by atoms with E-state index >= 15 is 0 Å². The lowest BCUT2D eigenvalue weighted by Crippen LogP contribution is -2.20. The van der Waals surface area contributed by atoms with Gasteiger partial charge in [-0.15, -0.1) is 4.44 Å². The number of nitrogens with zero attached hydrogens (tertiary/aromatic N) is 1. The van der Waals surface area contributed by atoms with Gasteiger partial charge in [0.1, 0.15) is 0 Å². The molecule has 74 valence electrons. The number of rotatable bonds is 4. The Bertz CT molecular complexity index is 206. The Morgan fingerprint density at radius 1 is 1.00 bits per heavy atom. The largest absolute Gasteiger partial charge is 0.412 e. The van der Waals surface area contributed by atoms with Gasteiger partial charge in [0, 0.05) is 6.54 Å². The summed E-state index contributed by atoms with van der Waals surface area (Å²) >= 11 is 0. The van der Waals surface area contributed by atoms with E-state index in [1.807, 2.05) is 0 Å². The molecule has 0 aliphatic heterocycles. The van der Waals surface area contributed by atoms with Crippen LogP contribution >= 0.6 is 15.5 Å². The van der Waals surface area contributed by atoms with E-state index < -0.39 is 28.6 Å². The van der Waals surface area contributed by atoms with Gasteiger partial charge in [-0.05, 0) is 0 Å². The van der Waals surface area contributed by atoms with Crippen molar-refractivity contribution in [2.45, 2.75) is 0 Å². The summed E-state index contributed by atoms with van der Waals surface area (Å²) in [5.74, 6) is 0. The van der Waals surface area contributed by atoms with Gasteiger partial charge >= 0.3 is 15.5 Å². The quantitative estimate of drug-likeness (QED) is 0.360. The molecule has 0 amide bonds. The smallest absolute Gasteiger partial charge is 0.395 e. The molecule has 0 saturated carbocycles. The third kappa shape index (κ3) is 3.75. The standard InChI is InChI=1S/C2H9NO7P2/c4-2-1-3(11(5,6)7)12(8,9)10/h4H,1-2H2,(H2,5,6,7)(H2,8,9,10). The van der Waals surface area contributed by atoms with Crippen LogP contribution in [0, 0.1) is 0 Å². The maximum atomic E-state index is 10.4. The molecule has 0 fully saturated rings. The summed E-state index contributed by atoms with van der Waals surface area (Å²) < 4.78 is 20.4. The van der Waals surface area contributed by atoms with Gasteiger partial charge in [-0.1, -0.05) is 0 Å². The van der Waals surface area contributed by atoms with Crippen LogP contribution in [0.3, 0.4) is 0 Å². The van der Waals surface area contributed by atoms with Gasteiger partial charge in [-0.3, -0.25) is 0 Å². The molecule has 0 saturated heterocycles. The fraction of sp³-hybridized carbons (Fsp3) is 1.00. The molecule has 0 aliphatic carbocycles. The molecule has 12 heavy (non-hydrogen) atoms. The predicted molar refractivity (Wildman–Crippen MR) is 37.9 cm³/mol. The summed E-state index contributed by atoms with van der Waals surface area (Å²) in [5, 5.41) is 8.24. The molecule has 10 heteroatoms. The van der Waals surface area contributed by atoms with Crippen molar-refractivity contribution >= 4 is 15.5 Å². The van der Waals surface area contributed by atoms with Crippen molar-refractivity contribution in [1.82, 2.24) is 4.44 Å². The van der Waals surface area contributed by atoms with Crippen LogP contribution in [0.25, 0.3) is 0 Å². The molecule has 0 rings (SSSR count). The van der Waals surface area contributed by atoms with E-state index in [1.165, 1.54) is 0 Å². The van der Waals surface area contributed by atoms with Crippen LogP contribution in [0.5, 0.6) is 0 Å². The summed E-state index contributed by atoms with van der Waals surface area (Å²) in [4.78, 5) is 33.5. The van der Waals surface area contributed by atoms with E-state index in [2.05, 4.69) is 0 Å². The van der Waals surface area contributed by atoms with E-state index in [1.54, 1.807) is 0 Å². The topological polar surface area (TPSA) is 139 Å². The predicted octanol–water partition coefficient (Wildman–Crippen LogP) is -1.53. The van der Waals surface area contributed by atoms with E-state index in [9.17, 15) is 9.13 Å². The molecule has 0 radical (unpaired) electrons. The van der Waals surface area contributed by atoms with Crippen molar-refractivity contribution in [3.05, 3.63) is 0 Å². The highest BCUT2D eigenvalue weighted by Crippen LogP contribution is 2.57. The Kier molecular flexibility index (Phi) is 4.02. The van der Waals surface area contributed by atoms with Crippen molar-refractivity contribution in [2.75, 3.05) is 13.2 Å². The maximum absolute atomic E-state index is 10.4. The maximum Gasteiger partial charge on any atom is 0.412 e. The van der Waals surface area contributed by atoms with Gasteiger partial charge in [0.05, 0.1) is 6.61 Å². The Labute approximate surface area is 67.9 Å². The number of aliphatic hydroxyl groups is 1. The Morgan fingerprint density at radius 3 is 1.42 bits per heavy atom. The minimum atomic E-state index is -5.00. The summed E-state index contributed by atoms with van der Waals surface area (Å²) in [6, 6.07) is 0. The third-order valence-corrected chi connectivity index (χ3v) is 3.90. The van der Waals surface area contributed by atoms with Gasteiger partial charge in [0.2, 0.25) is 0 Å². The first kappa shape index (κ1) is 12.2. The first-order chi connectivity index (χ1) is 5.19. The molecule has 0 heterocycles. The number of hydrogen-bond donors (Lipinski definition) is 5. The molecule has 5 N–H and O–H groups in total. The van der Waals surface area contributed by atoms with E-state index in [0.29, 0.717) is 0 Å². The molecule has 0 bridgehead atoms. The second kappa shape index (κ2) is 3.95. The second-order valence-corrected chi connectivity index (χ2v) is 5.18. The van der Waals surface area contributed by atoms with E-state index in [0.717, 1.165) is 0 Å². The average molecular weight is 221 g/mol. The lowest BCUT2D eigenvalue weighted by atomic mass is 10.8. The van der Waals surface area contributed by atoms with E-state index in [-0.39, 0.29) is 4.44 Å². The molecule has 0 aromatic carbocycles. The minimum Gasteiger partial charge on any atom is -0.395 e. The van der Waals surface area contributed by atoms with Gasteiger partial charge in [-0.2, -0.15) is 0 Å². The van der Waals surface area contributed by atoms with Crippen molar-refractivity contribution in [2.24, 2.45) is 0 Å². The molecule has 0 aromatic heterocycles. The van der Waals surface area contributed by atoms with Gasteiger partial charge in [0.25, 0.3) is 0 Å². The van der Waals surface area contributed by atoms with Crippen LogP contribution in [0.15, 0.2) is 0 Å². The lowest BCUT2D eigenvalue weighted by Gasteiger charge is -2.21. The average Bonchev–Trinajstić information content (AvgIpc) is 1.77. The molecule has 0 aliphatic rings. The van der Waals surface area contributed by atoms with Crippen LogP contribution in [-0.2, 0) is 9.13 Å². The van der Waals surface area contributed by atoms with Crippen LogP contribution in [0.2, 0.25) is 0 Å². The fourth-order valence-electron chi connectivity index (χ4n) is 0.502. The van der Waals surface area contributed by atoms with Crippen molar-refractivity contribution in [1.29, 1.82) is 0 Å². The minimum absolute atomic E-state index is 0.361. The Balaban J connectivity index is 4.70. The molecular formula is C2H9NO7P2. The Morgan fingerprint density at radius 2 is 1.33 bits per heavy atom. The molecule has 0 aromatic rings. The third-order valence-electron chi connectivity index (χ3n) is 0.901. The zero-order chi connectivity index (χ0) is 9.99.